The molecule has 2 N–H and O–H groups in total. The summed E-state index contributed by atoms with van der Waals surface area (Å²) in [7, 11) is 0. The number of piperidine rings is 1. The van der Waals surface area contributed by atoms with Crippen LogP contribution in [0.15, 0.2) is 48.8 Å². The van der Waals surface area contributed by atoms with E-state index in [9.17, 15) is 5.11 Å². The molecule has 2 heterocycles. The van der Waals surface area contributed by atoms with E-state index in [-0.39, 0.29) is 0 Å². The Labute approximate surface area is 173 Å². The van der Waals surface area contributed by atoms with Gasteiger partial charge in [0.2, 0.25) is 0 Å². The molecule has 0 spiro atoms. The lowest BCUT2D eigenvalue weighted by atomic mass is 10.1. The lowest BCUT2D eigenvalue weighted by molar-refractivity contribution is 0.0614. The maximum absolute atomic E-state index is 10.3. The van der Waals surface area contributed by atoms with Crippen LogP contribution in [0.2, 0.25) is 0 Å². The minimum atomic E-state index is -0.459. The van der Waals surface area contributed by atoms with Gasteiger partial charge >= 0.3 is 0 Å². The smallest absolute Gasteiger partial charge is 0.137 e. The first-order valence-electron chi connectivity index (χ1n) is 10.7. The number of aliphatic hydroxyl groups is 1. The maximum Gasteiger partial charge on any atom is 0.137 e. The number of nitrogens with zero attached hydrogens (tertiary/aromatic N) is 2. The number of pyridine rings is 1. The number of hydrogen-bond donors (Lipinski definition) is 2. The molecule has 1 unspecified atom stereocenters. The van der Waals surface area contributed by atoms with Crippen LogP contribution >= 0.6 is 0 Å². The van der Waals surface area contributed by atoms with Crippen molar-refractivity contribution in [2.75, 3.05) is 39.4 Å². The van der Waals surface area contributed by atoms with Crippen molar-refractivity contribution in [2.45, 2.75) is 38.3 Å². The van der Waals surface area contributed by atoms with Gasteiger partial charge < -0.3 is 24.8 Å². The van der Waals surface area contributed by atoms with Crippen molar-refractivity contribution in [3.8, 4) is 11.5 Å². The van der Waals surface area contributed by atoms with E-state index >= 15 is 0 Å². The third-order valence-electron chi connectivity index (χ3n) is 5.04. The zero-order chi connectivity index (χ0) is 20.2. The van der Waals surface area contributed by atoms with Crippen LogP contribution in [-0.4, -0.2) is 60.5 Å². The molecule has 3 rings (SSSR count). The van der Waals surface area contributed by atoms with Gasteiger partial charge in [-0.2, -0.15) is 0 Å². The number of rotatable bonds is 12. The van der Waals surface area contributed by atoms with Crippen LogP contribution in [-0.2, 0) is 6.54 Å². The molecule has 158 valence electrons. The van der Waals surface area contributed by atoms with Gasteiger partial charge in [0.15, 0.2) is 0 Å². The van der Waals surface area contributed by atoms with Gasteiger partial charge in [-0.05, 0) is 57.1 Å². The first-order chi connectivity index (χ1) is 14.3. The van der Waals surface area contributed by atoms with E-state index in [2.05, 4.69) is 21.3 Å². The number of β-amino-alcohol motifs (C(OH)–C–C–N with tert-alkyl or cyclic N) is 1. The first kappa shape index (κ1) is 21.6. The highest BCUT2D eigenvalue weighted by atomic mass is 16.5. The zero-order valence-electron chi connectivity index (χ0n) is 17.1. The molecule has 2 aromatic rings. The Morgan fingerprint density at radius 2 is 1.93 bits per heavy atom. The monoisotopic (exact) mass is 399 g/mol. The van der Waals surface area contributed by atoms with E-state index in [1.54, 1.807) is 12.4 Å². The van der Waals surface area contributed by atoms with E-state index in [4.69, 9.17) is 9.47 Å². The Morgan fingerprint density at radius 1 is 1.07 bits per heavy atom. The molecule has 29 heavy (non-hydrogen) atoms. The van der Waals surface area contributed by atoms with Crippen molar-refractivity contribution in [2.24, 2.45) is 0 Å². The average Bonchev–Trinajstić information content (AvgIpc) is 2.77. The number of likely N-dealkylation sites (tertiary alicyclic amines) is 1. The fourth-order valence-electron chi connectivity index (χ4n) is 3.51. The fraction of sp³-hybridized carbons (Fsp3) is 0.522. The second-order valence-corrected chi connectivity index (χ2v) is 7.50. The Kier molecular flexibility index (Phi) is 9.23. The summed E-state index contributed by atoms with van der Waals surface area (Å²) in [5, 5.41) is 13.8. The molecule has 0 saturated carbocycles. The molecule has 1 aliphatic heterocycles. The maximum atomic E-state index is 10.3. The molecule has 1 aromatic carbocycles. The van der Waals surface area contributed by atoms with Gasteiger partial charge in [0.05, 0.1) is 12.8 Å². The lowest BCUT2D eigenvalue weighted by Crippen LogP contribution is -2.38. The van der Waals surface area contributed by atoms with Crippen LogP contribution in [0.1, 0.15) is 31.2 Å². The number of aromatic nitrogens is 1. The second-order valence-electron chi connectivity index (χ2n) is 7.50. The molecule has 6 heteroatoms. The largest absolute Gasteiger partial charge is 0.492 e. The molecule has 0 amide bonds. The Hall–Kier alpha value is -2.15. The van der Waals surface area contributed by atoms with Crippen molar-refractivity contribution in [3.63, 3.8) is 0 Å². The first-order valence-corrected chi connectivity index (χ1v) is 10.7. The molecule has 1 atom stereocenters. The van der Waals surface area contributed by atoms with Crippen molar-refractivity contribution in [1.29, 1.82) is 0 Å². The number of hydrogen-bond acceptors (Lipinski definition) is 6. The van der Waals surface area contributed by atoms with E-state index in [1.807, 2.05) is 30.3 Å². The van der Waals surface area contributed by atoms with Crippen LogP contribution in [0.25, 0.3) is 0 Å². The fourth-order valence-corrected chi connectivity index (χ4v) is 3.51. The minimum Gasteiger partial charge on any atom is -0.492 e. The molecule has 1 saturated heterocycles. The molecule has 0 aliphatic carbocycles. The zero-order valence-corrected chi connectivity index (χ0v) is 17.1. The lowest BCUT2D eigenvalue weighted by Gasteiger charge is -2.28. The van der Waals surface area contributed by atoms with Gasteiger partial charge in [0.25, 0.3) is 0 Å². The van der Waals surface area contributed by atoms with Gasteiger partial charge in [0.1, 0.15) is 24.2 Å². The van der Waals surface area contributed by atoms with Gasteiger partial charge in [-0.3, -0.25) is 4.98 Å². The van der Waals surface area contributed by atoms with E-state index in [0.29, 0.717) is 19.8 Å². The van der Waals surface area contributed by atoms with Crippen molar-refractivity contribution < 1.29 is 14.6 Å². The second kappa shape index (κ2) is 12.4. The summed E-state index contributed by atoms with van der Waals surface area (Å²) < 4.78 is 11.6. The van der Waals surface area contributed by atoms with Gasteiger partial charge in [0, 0.05) is 24.8 Å². The SMILES string of the molecule is OC(COc1ccccc1CNCCCOc1cccnc1)CN1CCCCC1. The molecule has 1 aromatic heterocycles. The highest BCUT2D eigenvalue weighted by Gasteiger charge is 2.15. The quantitative estimate of drug-likeness (QED) is 0.535. The highest BCUT2D eigenvalue weighted by Crippen LogP contribution is 2.18. The topological polar surface area (TPSA) is 66.8 Å². The molecule has 6 nitrogen and oxygen atoms in total. The molecule has 0 radical (unpaired) electrons. The third-order valence-corrected chi connectivity index (χ3v) is 5.04. The van der Waals surface area contributed by atoms with Crippen molar-refractivity contribution in [3.05, 3.63) is 54.4 Å². The van der Waals surface area contributed by atoms with E-state index < -0.39 is 6.10 Å². The summed E-state index contributed by atoms with van der Waals surface area (Å²) in [6.45, 7) is 5.42. The van der Waals surface area contributed by atoms with Crippen LogP contribution in [0.3, 0.4) is 0 Å². The Bertz CT molecular complexity index is 693. The molecule has 1 aliphatic rings. The minimum absolute atomic E-state index is 0.326. The summed E-state index contributed by atoms with van der Waals surface area (Å²) in [4.78, 5) is 6.37. The summed E-state index contributed by atoms with van der Waals surface area (Å²) in [6.07, 6.45) is 7.68. The highest BCUT2D eigenvalue weighted by molar-refractivity contribution is 5.33. The van der Waals surface area contributed by atoms with Crippen LogP contribution in [0.5, 0.6) is 11.5 Å². The average molecular weight is 400 g/mol. The third kappa shape index (κ3) is 8.01. The summed E-state index contributed by atoms with van der Waals surface area (Å²) in [5.41, 5.74) is 1.10. The van der Waals surface area contributed by atoms with Crippen LogP contribution in [0.4, 0.5) is 0 Å². The molecular weight excluding hydrogens is 366 g/mol. The Morgan fingerprint density at radius 3 is 2.76 bits per heavy atom. The molecule has 0 bridgehead atoms. The van der Waals surface area contributed by atoms with Gasteiger partial charge in [-0.25, -0.2) is 0 Å². The molecular formula is C23H33N3O3. The normalized spacial score (nSPS) is 15.8. The number of ether oxygens (including phenoxy) is 2. The van der Waals surface area contributed by atoms with Gasteiger partial charge in [-0.1, -0.05) is 24.6 Å². The van der Waals surface area contributed by atoms with Crippen LogP contribution < -0.4 is 14.8 Å². The summed E-state index contributed by atoms with van der Waals surface area (Å²) >= 11 is 0. The predicted octanol–water partition coefficient (Wildman–Crippen LogP) is 2.87. The standard InChI is InChI=1S/C23H33N3O3/c27-21(18-26-13-4-1-5-14-26)19-29-23-10-3-2-8-20(23)16-24-12-7-15-28-22-9-6-11-25-17-22/h2-3,6,8-11,17,21,24,27H,1,4-5,7,12-16,18-19H2. The Balaban J connectivity index is 1.33. The van der Waals surface area contributed by atoms with Crippen LogP contribution in [0, 0.1) is 0 Å². The number of benzene rings is 1. The van der Waals surface area contributed by atoms with Gasteiger partial charge in [-0.15, -0.1) is 0 Å². The number of para-hydroxylation sites is 1. The summed E-state index contributed by atoms with van der Waals surface area (Å²) in [5.74, 6) is 1.64. The predicted molar refractivity (Wildman–Crippen MR) is 114 cm³/mol. The number of nitrogens with one attached hydrogen (secondary N) is 1. The van der Waals surface area contributed by atoms with Crippen molar-refractivity contribution in [1.82, 2.24) is 15.2 Å². The van der Waals surface area contributed by atoms with E-state index in [0.717, 1.165) is 49.7 Å². The number of aliphatic hydroxyl groups excluding tert-OH is 1. The molecule has 1 fully saturated rings. The van der Waals surface area contributed by atoms with Crippen molar-refractivity contribution >= 4 is 0 Å². The van der Waals surface area contributed by atoms with E-state index in [1.165, 1.54) is 19.3 Å². The summed E-state index contributed by atoms with van der Waals surface area (Å²) in [6, 6.07) is 11.8.